The number of morpholine rings is 1. The highest BCUT2D eigenvalue weighted by Gasteiger charge is 2.46. The van der Waals surface area contributed by atoms with Crippen molar-refractivity contribution in [2.24, 2.45) is 0 Å². The average molecular weight is 348 g/mol. The van der Waals surface area contributed by atoms with Crippen molar-refractivity contribution < 1.29 is 14.3 Å². The Morgan fingerprint density at radius 3 is 2.68 bits per heavy atom. The highest BCUT2D eigenvalue weighted by Crippen LogP contribution is 2.33. The van der Waals surface area contributed by atoms with Gasteiger partial charge in [0.15, 0.2) is 0 Å². The molecule has 1 atom stereocenters. The van der Waals surface area contributed by atoms with Gasteiger partial charge in [0.25, 0.3) is 0 Å². The van der Waals surface area contributed by atoms with Crippen molar-refractivity contribution in [2.75, 3.05) is 68.5 Å². The van der Waals surface area contributed by atoms with Gasteiger partial charge in [-0.25, -0.2) is 4.79 Å². The SMILES string of the molecule is CN1CC2(CCCN(c3cc(N)nc(N4CCOCC4)n3)C2)OC1=O. The highest BCUT2D eigenvalue weighted by atomic mass is 16.6. The maximum Gasteiger partial charge on any atom is 0.410 e. The molecule has 25 heavy (non-hydrogen) atoms. The molecular formula is C16H24N6O3. The smallest absolute Gasteiger partial charge is 0.410 e. The summed E-state index contributed by atoms with van der Waals surface area (Å²) in [4.78, 5) is 26.8. The molecule has 0 aliphatic carbocycles. The molecule has 0 radical (unpaired) electrons. The van der Waals surface area contributed by atoms with Crippen LogP contribution in [0, 0.1) is 0 Å². The molecule has 1 spiro atoms. The van der Waals surface area contributed by atoms with Crippen molar-refractivity contribution in [3.05, 3.63) is 6.07 Å². The van der Waals surface area contributed by atoms with Gasteiger partial charge in [-0.3, -0.25) is 0 Å². The number of nitrogens with zero attached hydrogens (tertiary/aromatic N) is 5. The minimum absolute atomic E-state index is 0.252. The fraction of sp³-hybridized carbons (Fsp3) is 0.688. The molecule has 0 saturated carbocycles. The second-order valence-corrected chi connectivity index (χ2v) is 6.98. The van der Waals surface area contributed by atoms with Crippen molar-refractivity contribution in [3.63, 3.8) is 0 Å². The van der Waals surface area contributed by atoms with Gasteiger partial charge in [-0.15, -0.1) is 0 Å². The Labute approximate surface area is 146 Å². The molecule has 2 N–H and O–H groups in total. The molecule has 1 aromatic rings. The lowest BCUT2D eigenvalue weighted by Gasteiger charge is -2.39. The summed E-state index contributed by atoms with van der Waals surface area (Å²) in [5, 5.41) is 0. The standard InChI is InChI=1S/C16H24N6O3/c1-20-10-16(25-15(20)23)3-2-4-22(11-16)13-9-12(17)18-14(19-13)21-5-7-24-8-6-21/h9H,2-8,10-11H2,1H3,(H2,17,18,19). The summed E-state index contributed by atoms with van der Waals surface area (Å²) in [5.41, 5.74) is 5.58. The molecule has 1 aromatic heterocycles. The molecule has 0 aromatic carbocycles. The molecule has 4 rings (SSSR count). The molecule has 3 fully saturated rings. The largest absolute Gasteiger partial charge is 0.439 e. The van der Waals surface area contributed by atoms with Crippen LogP contribution in [0.15, 0.2) is 6.07 Å². The Kier molecular flexibility index (Phi) is 4.03. The van der Waals surface area contributed by atoms with E-state index in [0.29, 0.717) is 38.1 Å². The van der Waals surface area contributed by atoms with Crippen molar-refractivity contribution in [2.45, 2.75) is 18.4 Å². The van der Waals surface area contributed by atoms with Crippen molar-refractivity contribution >= 4 is 23.7 Å². The van der Waals surface area contributed by atoms with Gasteiger partial charge in [-0.05, 0) is 12.8 Å². The highest BCUT2D eigenvalue weighted by molar-refractivity contribution is 5.70. The van der Waals surface area contributed by atoms with Crippen LogP contribution in [-0.2, 0) is 9.47 Å². The normalized spacial score (nSPS) is 27.1. The minimum atomic E-state index is -0.455. The summed E-state index contributed by atoms with van der Waals surface area (Å²) < 4.78 is 11.1. The Balaban J connectivity index is 1.56. The first-order valence-electron chi connectivity index (χ1n) is 8.71. The number of amides is 1. The van der Waals surface area contributed by atoms with Gasteiger partial charge in [-0.1, -0.05) is 0 Å². The van der Waals surface area contributed by atoms with Crippen molar-refractivity contribution in [1.82, 2.24) is 14.9 Å². The van der Waals surface area contributed by atoms with Crippen LogP contribution in [0.2, 0.25) is 0 Å². The molecular weight excluding hydrogens is 324 g/mol. The van der Waals surface area contributed by atoms with Gasteiger partial charge in [-0.2, -0.15) is 9.97 Å². The summed E-state index contributed by atoms with van der Waals surface area (Å²) in [6.45, 7) is 4.96. The Morgan fingerprint density at radius 2 is 1.96 bits per heavy atom. The van der Waals surface area contributed by atoms with Crippen LogP contribution in [0.5, 0.6) is 0 Å². The predicted octanol–water partition coefficient (Wildman–Crippen LogP) is 0.316. The number of ether oxygens (including phenoxy) is 2. The van der Waals surface area contributed by atoms with E-state index in [9.17, 15) is 4.79 Å². The van der Waals surface area contributed by atoms with Crippen LogP contribution in [0.25, 0.3) is 0 Å². The number of hydrogen-bond acceptors (Lipinski definition) is 8. The quantitative estimate of drug-likeness (QED) is 0.816. The maximum atomic E-state index is 11.8. The third-order valence-electron chi connectivity index (χ3n) is 5.02. The lowest BCUT2D eigenvalue weighted by atomic mass is 9.93. The number of nitrogen functional groups attached to an aromatic ring is 1. The van der Waals surface area contributed by atoms with Gasteiger partial charge < -0.3 is 29.9 Å². The molecule has 136 valence electrons. The topological polar surface area (TPSA) is 97.1 Å². The summed E-state index contributed by atoms with van der Waals surface area (Å²) in [5.74, 6) is 1.88. The molecule has 4 heterocycles. The maximum absolute atomic E-state index is 11.8. The number of likely N-dealkylation sites (N-methyl/N-ethyl adjacent to an activating group) is 1. The number of nitrogens with two attached hydrogens (primary N) is 1. The summed E-state index contributed by atoms with van der Waals surface area (Å²) in [6.07, 6.45) is 1.56. The first-order chi connectivity index (χ1) is 12.0. The monoisotopic (exact) mass is 348 g/mol. The average Bonchev–Trinajstić information content (AvgIpc) is 2.88. The van der Waals surface area contributed by atoms with Crippen molar-refractivity contribution in [1.29, 1.82) is 0 Å². The first kappa shape index (κ1) is 16.2. The second-order valence-electron chi connectivity index (χ2n) is 6.98. The molecule has 0 bridgehead atoms. The first-order valence-corrected chi connectivity index (χ1v) is 8.71. The van der Waals surface area contributed by atoms with Crippen LogP contribution < -0.4 is 15.5 Å². The van der Waals surface area contributed by atoms with Crippen LogP contribution in [0.3, 0.4) is 0 Å². The lowest BCUT2D eigenvalue weighted by molar-refractivity contribution is 0.0445. The molecule has 9 nitrogen and oxygen atoms in total. The van der Waals surface area contributed by atoms with Crippen LogP contribution in [0.1, 0.15) is 12.8 Å². The van der Waals surface area contributed by atoms with Crippen LogP contribution in [-0.4, -0.2) is 79.5 Å². The third-order valence-corrected chi connectivity index (χ3v) is 5.02. The number of aromatic nitrogens is 2. The molecule has 3 aliphatic heterocycles. The zero-order valence-corrected chi connectivity index (χ0v) is 14.5. The number of carbonyl (C=O) groups excluding carboxylic acids is 1. The number of carbonyl (C=O) groups is 1. The molecule has 1 unspecified atom stereocenters. The molecule has 1 amide bonds. The van der Waals surface area contributed by atoms with Gasteiger partial charge >= 0.3 is 6.09 Å². The zero-order valence-electron chi connectivity index (χ0n) is 14.5. The van der Waals surface area contributed by atoms with E-state index >= 15 is 0 Å². The minimum Gasteiger partial charge on any atom is -0.439 e. The van der Waals surface area contributed by atoms with Gasteiger partial charge in [0, 0.05) is 32.7 Å². The number of rotatable bonds is 2. The van der Waals surface area contributed by atoms with E-state index in [0.717, 1.165) is 38.3 Å². The Hall–Kier alpha value is -2.29. The van der Waals surface area contributed by atoms with Crippen LogP contribution in [0.4, 0.5) is 22.4 Å². The number of hydrogen-bond donors (Lipinski definition) is 1. The number of piperidine rings is 1. The van der Waals surface area contributed by atoms with E-state index < -0.39 is 5.60 Å². The van der Waals surface area contributed by atoms with Gasteiger partial charge in [0.1, 0.15) is 17.2 Å². The lowest BCUT2D eigenvalue weighted by Crippen LogP contribution is -2.51. The summed E-state index contributed by atoms with van der Waals surface area (Å²) in [7, 11) is 1.77. The summed E-state index contributed by atoms with van der Waals surface area (Å²) >= 11 is 0. The van der Waals surface area contributed by atoms with Crippen molar-refractivity contribution in [3.8, 4) is 0 Å². The Morgan fingerprint density at radius 1 is 1.16 bits per heavy atom. The zero-order chi connectivity index (χ0) is 17.4. The molecule has 3 saturated heterocycles. The fourth-order valence-corrected chi connectivity index (χ4v) is 3.80. The fourth-order valence-electron chi connectivity index (χ4n) is 3.80. The van der Waals surface area contributed by atoms with Gasteiger partial charge in [0.05, 0.1) is 26.3 Å². The van der Waals surface area contributed by atoms with E-state index in [1.165, 1.54) is 0 Å². The van der Waals surface area contributed by atoms with Gasteiger partial charge in [0.2, 0.25) is 5.95 Å². The van der Waals surface area contributed by atoms with E-state index in [1.54, 1.807) is 18.0 Å². The van der Waals surface area contributed by atoms with E-state index in [1.807, 2.05) is 0 Å². The molecule has 9 heteroatoms. The van der Waals surface area contributed by atoms with E-state index in [-0.39, 0.29) is 6.09 Å². The number of anilines is 3. The second kappa shape index (κ2) is 6.21. The Bertz CT molecular complexity index is 665. The van der Waals surface area contributed by atoms with Crippen LogP contribution >= 0.6 is 0 Å². The third kappa shape index (κ3) is 3.15. The van der Waals surface area contributed by atoms with E-state index in [2.05, 4.69) is 14.8 Å². The molecule has 3 aliphatic rings. The van der Waals surface area contributed by atoms with E-state index in [4.69, 9.17) is 20.2 Å². The predicted molar refractivity (Wildman–Crippen MR) is 92.8 cm³/mol. The summed E-state index contributed by atoms with van der Waals surface area (Å²) in [6, 6.07) is 1.80.